The van der Waals surface area contributed by atoms with Crippen molar-refractivity contribution in [2.75, 3.05) is 26.4 Å². The number of rotatable bonds is 39. The van der Waals surface area contributed by atoms with Crippen LogP contribution in [0.25, 0.3) is 0 Å². The van der Waals surface area contributed by atoms with Crippen LogP contribution in [0.15, 0.2) is 0 Å². The number of hydrogen-bond donors (Lipinski definition) is 0. The van der Waals surface area contributed by atoms with Gasteiger partial charge >= 0.3 is 0 Å². The molecule has 0 saturated carbocycles. The summed E-state index contributed by atoms with van der Waals surface area (Å²) in [6.45, 7) is 8.35. The molecule has 0 aromatic rings. The van der Waals surface area contributed by atoms with E-state index in [1.807, 2.05) is 0 Å². The van der Waals surface area contributed by atoms with Crippen LogP contribution in [0.1, 0.15) is 232 Å². The molecule has 2 heteroatoms. The van der Waals surface area contributed by atoms with E-state index in [0.29, 0.717) is 0 Å². The molecule has 254 valence electrons. The van der Waals surface area contributed by atoms with Crippen LogP contribution in [0.3, 0.4) is 0 Å². The first-order chi connectivity index (χ1) is 20.9. The molecule has 0 saturated heterocycles. The maximum absolute atomic E-state index is 5.84. The van der Waals surface area contributed by atoms with Crippen molar-refractivity contribution in [1.29, 1.82) is 0 Å². The Morgan fingerprint density at radius 1 is 0.190 bits per heavy atom. The molecule has 2 nitrogen and oxygen atoms in total. The second kappa shape index (κ2) is 40.9. The monoisotopic (exact) mass is 595 g/mol. The number of hydrogen-bond acceptors (Lipinski definition) is 2. The fourth-order valence-corrected chi connectivity index (χ4v) is 6.12. The Labute approximate surface area is 267 Å². The first-order valence-corrected chi connectivity index (χ1v) is 20.1. The second-order valence-electron chi connectivity index (χ2n) is 13.5. The van der Waals surface area contributed by atoms with E-state index in [4.69, 9.17) is 9.47 Å². The van der Waals surface area contributed by atoms with Gasteiger partial charge < -0.3 is 9.47 Å². The summed E-state index contributed by atoms with van der Waals surface area (Å²) in [6, 6.07) is 0. The van der Waals surface area contributed by atoms with Gasteiger partial charge in [-0.05, 0) is 25.7 Å². The molecular weight excluding hydrogens is 512 g/mol. The van der Waals surface area contributed by atoms with Gasteiger partial charge in [-0.15, -0.1) is 0 Å². The van der Waals surface area contributed by atoms with E-state index in [9.17, 15) is 0 Å². The SMILES string of the molecule is CCCCCCCCCCCCCCCCCCOCCCCOCCCCCCCCCCCCCCCCCC. The Morgan fingerprint density at radius 3 is 0.524 bits per heavy atom. The molecule has 0 spiro atoms. The van der Waals surface area contributed by atoms with Crippen molar-refractivity contribution in [2.45, 2.75) is 232 Å². The number of unbranched alkanes of at least 4 members (excludes halogenated alkanes) is 31. The highest BCUT2D eigenvalue weighted by molar-refractivity contribution is 4.52. The van der Waals surface area contributed by atoms with Gasteiger partial charge in [-0.25, -0.2) is 0 Å². The van der Waals surface area contributed by atoms with E-state index in [0.717, 1.165) is 39.3 Å². The van der Waals surface area contributed by atoms with Gasteiger partial charge in [0.05, 0.1) is 0 Å². The summed E-state index contributed by atoms with van der Waals surface area (Å²) in [5.74, 6) is 0. The smallest absolute Gasteiger partial charge is 0.0466 e. The molecule has 0 radical (unpaired) electrons. The van der Waals surface area contributed by atoms with Crippen molar-refractivity contribution in [3.63, 3.8) is 0 Å². The third-order valence-corrected chi connectivity index (χ3v) is 9.11. The van der Waals surface area contributed by atoms with Crippen LogP contribution in [-0.2, 0) is 9.47 Å². The maximum atomic E-state index is 5.84. The van der Waals surface area contributed by atoms with Crippen molar-refractivity contribution in [2.24, 2.45) is 0 Å². The zero-order chi connectivity index (χ0) is 30.3. The molecule has 0 fully saturated rings. The lowest BCUT2D eigenvalue weighted by atomic mass is 10.0. The molecule has 0 bridgehead atoms. The van der Waals surface area contributed by atoms with E-state index in [1.165, 1.54) is 205 Å². The fraction of sp³-hybridized carbons (Fsp3) is 1.00. The van der Waals surface area contributed by atoms with Gasteiger partial charge in [-0.3, -0.25) is 0 Å². The summed E-state index contributed by atoms with van der Waals surface area (Å²) in [4.78, 5) is 0. The fourth-order valence-electron chi connectivity index (χ4n) is 6.12. The Morgan fingerprint density at radius 2 is 0.333 bits per heavy atom. The van der Waals surface area contributed by atoms with Crippen LogP contribution in [0.2, 0.25) is 0 Å². The second-order valence-corrected chi connectivity index (χ2v) is 13.5. The molecule has 0 rings (SSSR count). The van der Waals surface area contributed by atoms with Gasteiger partial charge in [0.25, 0.3) is 0 Å². The lowest BCUT2D eigenvalue weighted by Gasteiger charge is -2.06. The van der Waals surface area contributed by atoms with Crippen LogP contribution in [-0.4, -0.2) is 26.4 Å². The van der Waals surface area contributed by atoms with Crippen molar-refractivity contribution < 1.29 is 9.47 Å². The van der Waals surface area contributed by atoms with Gasteiger partial charge in [-0.1, -0.05) is 206 Å². The molecule has 0 N–H and O–H groups in total. The van der Waals surface area contributed by atoms with Crippen molar-refractivity contribution >= 4 is 0 Å². The molecule has 0 aromatic carbocycles. The zero-order valence-corrected chi connectivity index (χ0v) is 29.7. The van der Waals surface area contributed by atoms with Gasteiger partial charge in [0.2, 0.25) is 0 Å². The zero-order valence-electron chi connectivity index (χ0n) is 29.7. The Balaban J connectivity index is 3.02. The minimum atomic E-state index is 0.918. The molecular formula is C40H82O2. The van der Waals surface area contributed by atoms with Crippen LogP contribution in [0.4, 0.5) is 0 Å². The Kier molecular flexibility index (Phi) is 40.8. The molecule has 0 aliphatic heterocycles. The van der Waals surface area contributed by atoms with Gasteiger partial charge in [0.15, 0.2) is 0 Å². The molecule has 0 heterocycles. The predicted molar refractivity (Wildman–Crippen MR) is 190 cm³/mol. The lowest BCUT2D eigenvalue weighted by molar-refractivity contribution is 0.0991. The predicted octanol–water partition coefficient (Wildman–Crippen LogP) is 14.3. The average molecular weight is 595 g/mol. The topological polar surface area (TPSA) is 18.5 Å². The minimum absolute atomic E-state index is 0.918. The summed E-state index contributed by atoms with van der Waals surface area (Å²) in [5.41, 5.74) is 0. The maximum Gasteiger partial charge on any atom is 0.0466 e. The summed E-state index contributed by atoms with van der Waals surface area (Å²) < 4.78 is 11.7. The van der Waals surface area contributed by atoms with E-state index in [-0.39, 0.29) is 0 Å². The van der Waals surface area contributed by atoms with Crippen LogP contribution in [0, 0.1) is 0 Å². The van der Waals surface area contributed by atoms with Crippen molar-refractivity contribution in [3.05, 3.63) is 0 Å². The molecule has 0 atom stereocenters. The van der Waals surface area contributed by atoms with E-state index >= 15 is 0 Å². The van der Waals surface area contributed by atoms with Crippen molar-refractivity contribution in [3.8, 4) is 0 Å². The summed E-state index contributed by atoms with van der Waals surface area (Å²) in [7, 11) is 0. The molecule has 0 amide bonds. The molecule has 0 unspecified atom stereocenters. The first-order valence-electron chi connectivity index (χ1n) is 20.1. The first kappa shape index (κ1) is 41.9. The highest BCUT2D eigenvalue weighted by Crippen LogP contribution is 2.15. The normalized spacial score (nSPS) is 11.6. The van der Waals surface area contributed by atoms with Gasteiger partial charge in [-0.2, -0.15) is 0 Å². The summed E-state index contributed by atoms with van der Waals surface area (Å²) >= 11 is 0. The molecule has 0 aliphatic rings. The Hall–Kier alpha value is -0.0800. The van der Waals surface area contributed by atoms with Gasteiger partial charge in [0, 0.05) is 26.4 Å². The van der Waals surface area contributed by atoms with Crippen LogP contribution >= 0.6 is 0 Å². The highest BCUT2D eigenvalue weighted by atomic mass is 16.5. The highest BCUT2D eigenvalue weighted by Gasteiger charge is 1.97. The molecule has 42 heavy (non-hydrogen) atoms. The quantitative estimate of drug-likeness (QED) is 0.0659. The average Bonchev–Trinajstić information content (AvgIpc) is 3.00. The largest absolute Gasteiger partial charge is 0.381 e. The van der Waals surface area contributed by atoms with E-state index in [2.05, 4.69) is 13.8 Å². The third kappa shape index (κ3) is 39.9. The summed E-state index contributed by atoms with van der Waals surface area (Å²) in [5, 5.41) is 0. The standard InChI is InChI=1S/C40H82O2/c1-3-5-7-9-11-13-15-17-19-21-23-25-27-29-31-33-37-41-39-35-36-40-42-38-34-32-30-28-26-24-22-20-18-16-14-12-10-8-6-4-2/h3-40H2,1-2H3. The van der Waals surface area contributed by atoms with Crippen LogP contribution < -0.4 is 0 Å². The third-order valence-electron chi connectivity index (χ3n) is 9.11. The molecule has 0 aliphatic carbocycles. The van der Waals surface area contributed by atoms with Crippen molar-refractivity contribution in [1.82, 2.24) is 0 Å². The Bertz CT molecular complexity index is 397. The number of ether oxygens (including phenoxy) is 2. The minimum Gasteiger partial charge on any atom is -0.381 e. The van der Waals surface area contributed by atoms with E-state index in [1.54, 1.807) is 0 Å². The molecule has 0 aromatic heterocycles. The summed E-state index contributed by atoms with van der Waals surface area (Å²) in [6.07, 6.45) is 48.0. The van der Waals surface area contributed by atoms with Gasteiger partial charge in [0.1, 0.15) is 0 Å². The lowest BCUT2D eigenvalue weighted by Crippen LogP contribution is -2.01. The van der Waals surface area contributed by atoms with E-state index < -0.39 is 0 Å². The van der Waals surface area contributed by atoms with Crippen LogP contribution in [0.5, 0.6) is 0 Å².